The molecule has 1 aliphatic rings. The lowest BCUT2D eigenvalue weighted by molar-refractivity contribution is -0.120. The van der Waals surface area contributed by atoms with E-state index < -0.39 is 0 Å². The molecule has 0 aromatic carbocycles. The number of rotatable bonds is 2. The second-order valence-electron chi connectivity index (χ2n) is 3.08. The van der Waals surface area contributed by atoms with Crippen molar-refractivity contribution in [2.75, 3.05) is 6.61 Å². The molecule has 1 aliphatic carbocycles. The topological polar surface area (TPSA) is 47.7 Å². The SMILES string of the molecule is CCOC(=[OH+])C1CCC(=O)CC1. The number of ether oxygens (including phenoxy) is 1. The molecule has 3 nitrogen and oxygen atoms in total. The van der Waals surface area contributed by atoms with Crippen LogP contribution in [-0.2, 0) is 9.53 Å². The van der Waals surface area contributed by atoms with Crippen molar-refractivity contribution >= 4 is 11.8 Å². The fourth-order valence-corrected chi connectivity index (χ4v) is 1.45. The fourth-order valence-electron chi connectivity index (χ4n) is 1.45. The number of hydrogen-bond donors (Lipinski definition) is 0. The van der Waals surface area contributed by atoms with Gasteiger partial charge in [0.25, 0.3) is 0 Å². The van der Waals surface area contributed by atoms with Gasteiger partial charge >= 0.3 is 5.97 Å². The zero-order chi connectivity index (χ0) is 8.97. The van der Waals surface area contributed by atoms with Gasteiger partial charge in [-0.15, -0.1) is 0 Å². The molecule has 0 spiro atoms. The average Bonchev–Trinajstić information content (AvgIpc) is 2.06. The maximum absolute atomic E-state index is 10.9. The number of ketones is 1. The number of esters is 1. The molecule has 0 heterocycles. The lowest BCUT2D eigenvalue weighted by atomic mass is 9.88. The van der Waals surface area contributed by atoms with E-state index in [1.54, 1.807) is 0 Å². The van der Waals surface area contributed by atoms with E-state index in [4.69, 9.17) is 4.74 Å². The minimum absolute atomic E-state index is 0.0858. The molecule has 0 atom stereocenters. The van der Waals surface area contributed by atoms with Crippen molar-refractivity contribution in [2.24, 2.45) is 5.92 Å². The second-order valence-corrected chi connectivity index (χ2v) is 3.08. The van der Waals surface area contributed by atoms with Crippen molar-refractivity contribution in [2.45, 2.75) is 32.6 Å². The molecule has 3 heteroatoms. The smallest absolute Gasteiger partial charge is 0.339 e. The van der Waals surface area contributed by atoms with Crippen molar-refractivity contribution in [3.63, 3.8) is 0 Å². The van der Waals surface area contributed by atoms with Crippen LogP contribution in [0, 0.1) is 5.92 Å². The van der Waals surface area contributed by atoms with Gasteiger partial charge in [-0.25, -0.2) is 0 Å². The van der Waals surface area contributed by atoms with Crippen LogP contribution in [0.5, 0.6) is 0 Å². The molecule has 0 bridgehead atoms. The largest absolute Gasteiger partial charge is 0.485 e. The second kappa shape index (κ2) is 4.24. The Morgan fingerprint density at radius 2 is 2.17 bits per heavy atom. The summed E-state index contributed by atoms with van der Waals surface area (Å²) in [7, 11) is 0. The van der Waals surface area contributed by atoms with Crippen LogP contribution in [0.4, 0.5) is 0 Å². The third-order valence-corrected chi connectivity index (χ3v) is 2.18. The van der Waals surface area contributed by atoms with Gasteiger partial charge in [0.15, 0.2) is 6.61 Å². The van der Waals surface area contributed by atoms with E-state index in [-0.39, 0.29) is 11.9 Å². The van der Waals surface area contributed by atoms with Crippen molar-refractivity contribution in [1.29, 1.82) is 0 Å². The predicted octanol–water partition coefficient (Wildman–Crippen LogP) is 1.28. The summed E-state index contributed by atoms with van der Waals surface area (Å²) in [6, 6.07) is 0. The molecule has 0 aromatic heterocycles. The van der Waals surface area contributed by atoms with Gasteiger partial charge < -0.3 is 9.53 Å². The van der Waals surface area contributed by atoms with Crippen LogP contribution >= 0.6 is 0 Å². The highest BCUT2D eigenvalue weighted by Gasteiger charge is 2.30. The number of hydrogen-bond acceptors (Lipinski definition) is 2. The van der Waals surface area contributed by atoms with Gasteiger partial charge in [0.1, 0.15) is 11.7 Å². The van der Waals surface area contributed by atoms with Crippen molar-refractivity contribution < 1.29 is 14.3 Å². The number of carbonyl (C=O) groups is 1. The number of carbonyl (C=O) groups excluding carboxylic acids is 2. The molecular formula is C9H15O3+. The van der Waals surface area contributed by atoms with Crippen molar-refractivity contribution in [3.05, 3.63) is 0 Å². The molecule has 68 valence electrons. The van der Waals surface area contributed by atoms with E-state index in [1.807, 2.05) is 6.92 Å². The molecule has 1 rings (SSSR count). The number of Topliss-reactive ketones (excluding diaryl/α,β-unsaturated/α-hetero) is 1. The zero-order valence-corrected chi connectivity index (χ0v) is 7.38. The molecule has 0 amide bonds. The lowest BCUT2D eigenvalue weighted by Gasteiger charge is -2.14. The summed E-state index contributed by atoms with van der Waals surface area (Å²) < 4.78 is 4.98. The third kappa shape index (κ3) is 2.32. The molecule has 0 unspecified atom stereocenters. The highest BCUT2D eigenvalue weighted by atomic mass is 16.5. The van der Waals surface area contributed by atoms with Crippen LogP contribution in [0.3, 0.4) is 0 Å². The van der Waals surface area contributed by atoms with Crippen LogP contribution in [0.15, 0.2) is 0 Å². The van der Waals surface area contributed by atoms with Crippen LogP contribution in [-0.4, -0.2) is 23.2 Å². The Morgan fingerprint density at radius 1 is 1.58 bits per heavy atom. The highest BCUT2D eigenvalue weighted by molar-refractivity contribution is 5.82. The minimum atomic E-state index is 0.0858. The Hall–Kier alpha value is -0.860. The van der Waals surface area contributed by atoms with E-state index in [0.29, 0.717) is 25.2 Å². The monoisotopic (exact) mass is 171 g/mol. The quantitative estimate of drug-likeness (QED) is 0.464. The van der Waals surface area contributed by atoms with E-state index >= 15 is 0 Å². The molecular weight excluding hydrogens is 156 g/mol. The summed E-state index contributed by atoms with van der Waals surface area (Å²) in [6.45, 7) is 2.33. The summed E-state index contributed by atoms with van der Waals surface area (Å²) in [5.74, 6) is 0.503. The summed E-state index contributed by atoms with van der Waals surface area (Å²) in [5.41, 5.74) is 0. The van der Waals surface area contributed by atoms with Crippen LogP contribution in [0.2, 0.25) is 0 Å². The van der Waals surface area contributed by atoms with Crippen LogP contribution in [0.25, 0.3) is 0 Å². The molecule has 12 heavy (non-hydrogen) atoms. The summed E-state index contributed by atoms with van der Waals surface area (Å²) in [4.78, 5) is 20.2. The van der Waals surface area contributed by atoms with Crippen molar-refractivity contribution in [1.82, 2.24) is 0 Å². The van der Waals surface area contributed by atoms with Gasteiger partial charge in [-0.3, -0.25) is 4.79 Å². The van der Waals surface area contributed by atoms with E-state index in [1.165, 1.54) is 0 Å². The first kappa shape index (κ1) is 9.23. The Kier molecular flexibility index (Phi) is 3.26. The summed E-state index contributed by atoms with van der Waals surface area (Å²) >= 11 is 0. The molecule has 1 saturated carbocycles. The zero-order valence-electron chi connectivity index (χ0n) is 7.38. The molecule has 1 N–H and O–H groups in total. The van der Waals surface area contributed by atoms with E-state index in [2.05, 4.69) is 0 Å². The normalized spacial score (nSPS) is 19.2. The Bertz CT molecular complexity index is 176. The first-order valence-corrected chi connectivity index (χ1v) is 4.44. The molecule has 0 saturated heterocycles. The maximum Gasteiger partial charge on any atom is 0.485 e. The molecule has 1 fully saturated rings. The highest BCUT2D eigenvalue weighted by Crippen LogP contribution is 2.22. The van der Waals surface area contributed by atoms with E-state index in [0.717, 1.165) is 12.8 Å². The average molecular weight is 171 g/mol. The van der Waals surface area contributed by atoms with Gasteiger partial charge in [-0.2, -0.15) is 0 Å². The van der Waals surface area contributed by atoms with Crippen LogP contribution in [0.1, 0.15) is 32.6 Å². The van der Waals surface area contributed by atoms with Gasteiger partial charge in [0.2, 0.25) is 0 Å². The summed E-state index contributed by atoms with van der Waals surface area (Å²) in [5, 5.41) is 0. The maximum atomic E-state index is 10.9. The fraction of sp³-hybridized carbons (Fsp3) is 0.778. The Morgan fingerprint density at radius 3 is 2.67 bits per heavy atom. The molecule has 0 radical (unpaired) electrons. The first-order valence-electron chi connectivity index (χ1n) is 4.44. The standard InChI is InChI=1S/C9H14O3/c1-2-12-9(11)7-3-5-8(10)6-4-7/h7H,2-6H2,1H3/p+1. The minimum Gasteiger partial charge on any atom is -0.339 e. The summed E-state index contributed by atoms with van der Waals surface area (Å²) in [6.07, 6.45) is 2.65. The predicted molar refractivity (Wildman–Crippen MR) is 45.5 cm³/mol. The van der Waals surface area contributed by atoms with Gasteiger partial charge in [0, 0.05) is 12.8 Å². The van der Waals surface area contributed by atoms with Gasteiger partial charge in [0.05, 0.1) is 0 Å². The lowest BCUT2D eigenvalue weighted by Crippen LogP contribution is -2.23. The van der Waals surface area contributed by atoms with Crippen LogP contribution < -0.4 is 0 Å². The Balaban J connectivity index is 2.33. The third-order valence-electron chi connectivity index (χ3n) is 2.18. The first-order chi connectivity index (χ1) is 5.74. The van der Waals surface area contributed by atoms with E-state index in [9.17, 15) is 9.59 Å². The van der Waals surface area contributed by atoms with Crippen molar-refractivity contribution in [3.8, 4) is 0 Å². The van der Waals surface area contributed by atoms with Gasteiger partial charge in [-0.05, 0) is 19.8 Å². The van der Waals surface area contributed by atoms with Gasteiger partial charge in [-0.1, -0.05) is 0 Å². The Labute approximate surface area is 72.1 Å². The molecule has 0 aromatic rings. The molecule has 0 aliphatic heterocycles.